The summed E-state index contributed by atoms with van der Waals surface area (Å²) >= 11 is 0. The minimum Gasteiger partial charge on any atom is -0.309 e. The van der Waals surface area contributed by atoms with Crippen LogP contribution in [0.3, 0.4) is 0 Å². The molecule has 0 saturated heterocycles. The molecular formula is C44H29OP. The van der Waals surface area contributed by atoms with Gasteiger partial charge >= 0.3 is 0 Å². The van der Waals surface area contributed by atoms with Gasteiger partial charge in [-0.1, -0.05) is 170 Å². The van der Waals surface area contributed by atoms with Gasteiger partial charge in [-0.15, -0.1) is 0 Å². The normalized spacial score (nSPS) is 12.0. The monoisotopic (exact) mass is 604 g/mol. The lowest BCUT2D eigenvalue weighted by Gasteiger charge is -2.23. The zero-order chi connectivity index (χ0) is 30.7. The highest BCUT2D eigenvalue weighted by molar-refractivity contribution is 7.85. The molecule has 0 aliphatic carbocycles. The van der Waals surface area contributed by atoms with Crippen molar-refractivity contribution >= 4 is 76.9 Å². The topological polar surface area (TPSA) is 17.1 Å². The summed E-state index contributed by atoms with van der Waals surface area (Å²) in [6.45, 7) is 0. The number of benzene rings is 9. The summed E-state index contributed by atoms with van der Waals surface area (Å²) in [4.78, 5) is 0. The van der Waals surface area contributed by atoms with Crippen LogP contribution in [0.25, 0.3) is 65.0 Å². The molecule has 0 aliphatic rings. The van der Waals surface area contributed by atoms with E-state index in [-0.39, 0.29) is 0 Å². The molecule has 2 heteroatoms. The van der Waals surface area contributed by atoms with E-state index >= 15 is 4.57 Å². The van der Waals surface area contributed by atoms with E-state index in [0.29, 0.717) is 0 Å². The second-order valence-electron chi connectivity index (χ2n) is 11.9. The Morgan fingerprint density at radius 2 is 0.826 bits per heavy atom. The minimum atomic E-state index is -3.20. The maximum absolute atomic E-state index is 15.6. The highest BCUT2D eigenvalue weighted by Gasteiger charge is 2.31. The Morgan fingerprint density at radius 3 is 1.50 bits per heavy atom. The first-order valence-corrected chi connectivity index (χ1v) is 17.4. The number of hydrogen-bond donors (Lipinski definition) is 0. The van der Waals surface area contributed by atoms with Crippen LogP contribution < -0.4 is 15.9 Å². The molecule has 0 amide bonds. The van der Waals surface area contributed by atoms with Gasteiger partial charge in [-0.25, -0.2) is 0 Å². The summed E-state index contributed by atoms with van der Waals surface area (Å²) in [6.07, 6.45) is 0. The molecule has 9 aromatic carbocycles. The van der Waals surface area contributed by atoms with Gasteiger partial charge in [-0.05, 0) is 71.1 Å². The zero-order valence-corrected chi connectivity index (χ0v) is 26.0. The van der Waals surface area contributed by atoms with E-state index in [2.05, 4.69) is 115 Å². The van der Waals surface area contributed by atoms with E-state index in [0.717, 1.165) is 32.2 Å². The molecule has 46 heavy (non-hydrogen) atoms. The summed E-state index contributed by atoms with van der Waals surface area (Å²) in [7, 11) is -3.20. The molecule has 0 bridgehead atoms. The molecule has 0 saturated carbocycles. The Bertz CT molecular complexity index is 2610. The first-order valence-electron chi connectivity index (χ1n) is 15.7. The van der Waals surface area contributed by atoms with Crippen molar-refractivity contribution in [3.63, 3.8) is 0 Å². The molecule has 216 valence electrons. The quantitative estimate of drug-likeness (QED) is 0.111. The highest BCUT2D eigenvalue weighted by atomic mass is 31.2. The van der Waals surface area contributed by atoms with Crippen molar-refractivity contribution in [1.82, 2.24) is 0 Å². The van der Waals surface area contributed by atoms with Crippen LogP contribution in [0.1, 0.15) is 0 Å². The van der Waals surface area contributed by atoms with Gasteiger partial charge in [-0.3, -0.25) is 0 Å². The Labute approximate surface area is 267 Å². The maximum atomic E-state index is 15.6. The van der Waals surface area contributed by atoms with Gasteiger partial charge in [-0.2, -0.15) is 0 Å². The summed E-state index contributed by atoms with van der Waals surface area (Å²) in [5, 5.41) is 14.6. The second kappa shape index (κ2) is 10.6. The molecule has 9 aromatic rings. The standard InChI is InChI=1S/C44H29OP/c45-46(31-16-3-1-4-17-31,32-18-5-2-6-19-32)42-28-14-25-37-38(42)26-13-27-40(37)43-33-20-8-7-15-30(33)29-41-36-23-10-9-21-34(36)35-22-11-12-24-39(35)44(41)43/h1-29H. The van der Waals surface area contributed by atoms with Crippen LogP contribution in [0, 0.1) is 0 Å². The average molecular weight is 605 g/mol. The smallest absolute Gasteiger partial charge is 0.171 e. The van der Waals surface area contributed by atoms with Crippen molar-refractivity contribution in [3.8, 4) is 11.1 Å². The lowest BCUT2D eigenvalue weighted by Crippen LogP contribution is -2.25. The van der Waals surface area contributed by atoms with Gasteiger partial charge in [0.25, 0.3) is 0 Å². The Hall–Kier alpha value is -5.49. The summed E-state index contributed by atoms with van der Waals surface area (Å²) in [5.74, 6) is 0. The maximum Gasteiger partial charge on any atom is 0.171 e. The molecule has 0 aliphatic heterocycles. The van der Waals surface area contributed by atoms with Crippen LogP contribution in [0.4, 0.5) is 0 Å². The second-order valence-corrected chi connectivity index (χ2v) is 14.7. The predicted octanol–water partition coefficient (Wildman–Crippen LogP) is 10.8. The van der Waals surface area contributed by atoms with E-state index in [1.165, 1.54) is 48.7 Å². The van der Waals surface area contributed by atoms with Gasteiger partial charge in [0.15, 0.2) is 7.14 Å². The van der Waals surface area contributed by atoms with E-state index < -0.39 is 7.14 Å². The Kier molecular flexibility index (Phi) is 6.17. The summed E-state index contributed by atoms with van der Waals surface area (Å²) in [5.41, 5.74) is 2.36. The molecule has 0 atom stereocenters. The van der Waals surface area contributed by atoms with Crippen molar-refractivity contribution in [3.05, 3.63) is 176 Å². The average Bonchev–Trinajstić information content (AvgIpc) is 3.14. The third-order valence-corrected chi connectivity index (χ3v) is 12.6. The van der Waals surface area contributed by atoms with Crippen molar-refractivity contribution in [2.75, 3.05) is 0 Å². The summed E-state index contributed by atoms with van der Waals surface area (Å²) in [6, 6.07) is 61.4. The number of fused-ring (bicyclic) bond motifs is 8. The van der Waals surface area contributed by atoms with Gasteiger partial charge in [0, 0.05) is 15.9 Å². The fourth-order valence-corrected chi connectivity index (χ4v) is 10.4. The van der Waals surface area contributed by atoms with Crippen LogP contribution in [0.2, 0.25) is 0 Å². The molecule has 0 fully saturated rings. The third kappa shape index (κ3) is 3.92. The van der Waals surface area contributed by atoms with Crippen LogP contribution in [0.15, 0.2) is 176 Å². The molecule has 0 spiro atoms. The molecule has 1 nitrogen and oxygen atoms in total. The highest BCUT2D eigenvalue weighted by Crippen LogP contribution is 2.48. The van der Waals surface area contributed by atoms with Crippen molar-refractivity contribution in [2.24, 2.45) is 0 Å². The number of hydrogen-bond acceptors (Lipinski definition) is 1. The van der Waals surface area contributed by atoms with E-state index in [1.807, 2.05) is 60.7 Å². The largest absolute Gasteiger partial charge is 0.309 e. The van der Waals surface area contributed by atoms with Gasteiger partial charge in [0.1, 0.15) is 0 Å². The minimum absolute atomic E-state index is 0.840. The van der Waals surface area contributed by atoms with Crippen molar-refractivity contribution in [1.29, 1.82) is 0 Å². The number of rotatable bonds is 4. The van der Waals surface area contributed by atoms with Gasteiger partial charge < -0.3 is 4.57 Å². The first-order chi connectivity index (χ1) is 22.7. The Morgan fingerprint density at radius 1 is 0.348 bits per heavy atom. The lowest BCUT2D eigenvalue weighted by atomic mass is 9.85. The fraction of sp³-hybridized carbons (Fsp3) is 0. The summed E-state index contributed by atoms with van der Waals surface area (Å²) < 4.78 is 15.6. The van der Waals surface area contributed by atoms with Crippen LogP contribution in [-0.2, 0) is 4.57 Å². The third-order valence-electron chi connectivity index (χ3n) is 9.50. The van der Waals surface area contributed by atoms with Crippen LogP contribution in [-0.4, -0.2) is 0 Å². The predicted molar refractivity (Wildman–Crippen MR) is 199 cm³/mol. The first kappa shape index (κ1) is 26.9. The van der Waals surface area contributed by atoms with Crippen molar-refractivity contribution in [2.45, 2.75) is 0 Å². The molecule has 0 radical (unpaired) electrons. The van der Waals surface area contributed by atoms with Gasteiger partial charge in [0.05, 0.1) is 0 Å². The van der Waals surface area contributed by atoms with Gasteiger partial charge in [0.2, 0.25) is 0 Å². The fourth-order valence-electron chi connectivity index (χ4n) is 7.50. The SMILES string of the molecule is O=P(c1ccccc1)(c1ccccc1)c1cccc2c(-c3c4ccccc4cc4c5ccccc5c5ccccc5c34)cccc12. The molecule has 0 aromatic heterocycles. The molecule has 0 heterocycles. The molecule has 0 N–H and O–H groups in total. The molecule has 0 unspecified atom stereocenters. The van der Waals surface area contributed by atoms with Crippen LogP contribution in [0.5, 0.6) is 0 Å². The molecular weight excluding hydrogens is 575 g/mol. The Balaban J connectivity index is 1.45. The molecule has 9 rings (SSSR count). The van der Waals surface area contributed by atoms with E-state index in [4.69, 9.17) is 0 Å². The van der Waals surface area contributed by atoms with Crippen LogP contribution >= 0.6 is 7.14 Å². The van der Waals surface area contributed by atoms with Crippen molar-refractivity contribution < 1.29 is 4.57 Å². The van der Waals surface area contributed by atoms with E-state index in [9.17, 15) is 0 Å². The lowest BCUT2D eigenvalue weighted by molar-refractivity contribution is 0.592. The zero-order valence-electron chi connectivity index (χ0n) is 25.1. The van der Waals surface area contributed by atoms with E-state index in [1.54, 1.807) is 0 Å².